The normalized spacial score (nSPS) is 17.1. The van der Waals surface area contributed by atoms with Gasteiger partial charge in [-0.05, 0) is 49.8 Å². The highest BCUT2D eigenvalue weighted by molar-refractivity contribution is 6.26. The number of aromatic nitrogens is 2. The summed E-state index contributed by atoms with van der Waals surface area (Å²) in [6, 6.07) is 18.2. The third kappa shape index (κ3) is 3.96. The maximum Gasteiger partial charge on any atom is 0.260 e. The zero-order chi connectivity index (χ0) is 23.7. The summed E-state index contributed by atoms with van der Waals surface area (Å²) in [6.07, 6.45) is 10.8. The Bertz CT molecular complexity index is 1490. The number of rotatable bonds is 4. The van der Waals surface area contributed by atoms with Gasteiger partial charge in [-0.2, -0.15) is 15.4 Å². The van der Waals surface area contributed by atoms with E-state index in [0.717, 1.165) is 33.6 Å². The average molecular weight is 444 g/mol. The van der Waals surface area contributed by atoms with E-state index in [-0.39, 0.29) is 17.3 Å². The Morgan fingerprint density at radius 2 is 1.91 bits per heavy atom. The van der Waals surface area contributed by atoms with Crippen LogP contribution in [0.15, 0.2) is 94.6 Å². The summed E-state index contributed by atoms with van der Waals surface area (Å²) in [7, 11) is 0. The minimum atomic E-state index is -0.486. The van der Waals surface area contributed by atoms with Crippen molar-refractivity contribution in [3.63, 3.8) is 0 Å². The standard InChI is InChI=1S/C28H21N5O/c1-18-12-13-19(2)24(14-18)26-21(17-33(32-26)22-8-4-3-5-9-22)15-20(16-29)27-30-25-11-7-6-10-23(25)28(34)31-27/h3-15,17,23H,1-2H3/b20-15-. The zero-order valence-corrected chi connectivity index (χ0v) is 18.8. The first kappa shape index (κ1) is 21.2. The Kier molecular flexibility index (Phi) is 5.44. The van der Waals surface area contributed by atoms with E-state index in [9.17, 15) is 10.1 Å². The van der Waals surface area contributed by atoms with E-state index in [4.69, 9.17) is 5.10 Å². The number of carbonyl (C=O) groups is 1. The quantitative estimate of drug-likeness (QED) is 0.521. The Hall–Kier alpha value is -4.63. The largest absolute Gasteiger partial charge is 0.271 e. The van der Waals surface area contributed by atoms with Crippen LogP contribution in [-0.2, 0) is 4.79 Å². The maximum absolute atomic E-state index is 12.6. The average Bonchev–Trinajstić information content (AvgIpc) is 3.28. The second-order valence-corrected chi connectivity index (χ2v) is 8.23. The molecule has 0 fully saturated rings. The molecule has 0 spiro atoms. The molecule has 1 amide bonds. The van der Waals surface area contributed by atoms with Gasteiger partial charge >= 0.3 is 0 Å². The Balaban J connectivity index is 1.66. The molecule has 0 N–H and O–H groups in total. The minimum Gasteiger partial charge on any atom is -0.271 e. The van der Waals surface area contributed by atoms with Gasteiger partial charge in [0.25, 0.3) is 5.91 Å². The van der Waals surface area contributed by atoms with Gasteiger partial charge in [-0.1, -0.05) is 54.1 Å². The number of carbonyl (C=O) groups excluding carboxylic acids is 1. The zero-order valence-electron chi connectivity index (χ0n) is 18.8. The maximum atomic E-state index is 12.6. The number of para-hydroxylation sites is 1. The topological polar surface area (TPSA) is 83.4 Å². The number of hydrogen-bond donors (Lipinski definition) is 0. The van der Waals surface area contributed by atoms with Crippen molar-refractivity contribution < 1.29 is 4.79 Å². The van der Waals surface area contributed by atoms with E-state index in [2.05, 4.69) is 34.3 Å². The Labute approximate surface area is 197 Å². The molecule has 1 aliphatic carbocycles. The van der Waals surface area contributed by atoms with E-state index in [0.29, 0.717) is 5.71 Å². The summed E-state index contributed by atoms with van der Waals surface area (Å²) in [5.41, 5.74) is 6.35. The summed E-state index contributed by atoms with van der Waals surface area (Å²) in [5, 5.41) is 14.8. The summed E-state index contributed by atoms with van der Waals surface area (Å²) in [4.78, 5) is 21.2. The molecule has 34 heavy (non-hydrogen) atoms. The van der Waals surface area contributed by atoms with E-state index in [1.165, 1.54) is 0 Å². The number of allylic oxidation sites excluding steroid dienone is 3. The molecule has 1 aromatic heterocycles. The van der Waals surface area contributed by atoms with Gasteiger partial charge in [-0.15, -0.1) is 0 Å². The van der Waals surface area contributed by atoms with Gasteiger partial charge in [0.15, 0.2) is 5.84 Å². The van der Waals surface area contributed by atoms with Gasteiger partial charge < -0.3 is 0 Å². The molecule has 164 valence electrons. The van der Waals surface area contributed by atoms with Crippen LogP contribution >= 0.6 is 0 Å². The van der Waals surface area contributed by atoms with Crippen LogP contribution < -0.4 is 0 Å². The van der Waals surface area contributed by atoms with E-state index >= 15 is 0 Å². The molecule has 2 aliphatic rings. The SMILES string of the molecule is Cc1ccc(C)c(-c2nn(-c3ccccc3)cc2/C=C(/C#N)C2=NC(=O)C3C=CC=CC3=N2)c1. The van der Waals surface area contributed by atoms with E-state index in [1.54, 1.807) is 29.0 Å². The molecule has 1 aliphatic heterocycles. The van der Waals surface area contributed by atoms with Gasteiger partial charge in [-0.3, -0.25) is 4.79 Å². The Morgan fingerprint density at radius 3 is 2.71 bits per heavy atom. The van der Waals surface area contributed by atoms with Gasteiger partial charge in [0, 0.05) is 17.3 Å². The van der Waals surface area contributed by atoms with Gasteiger partial charge in [0.2, 0.25) is 0 Å². The molecule has 0 radical (unpaired) electrons. The van der Waals surface area contributed by atoms with Crippen molar-refractivity contribution >= 4 is 23.5 Å². The highest BCUT2D eigenvalue weighted by Gasteiger charge is 2.27. The molecule has 2 heterocycles. The third-order valence-electron chi connectivity index (χ3n) is 5.79. The van der Waals surface area contributed by atoms with Crippen LogP contribution in [0.1, 0.15) is 16.7 Å². The number of benzene rings is 2. The first-order valence-electron chi connectivity index (χ1n) is 10.9. The van der Waals surface area contributed by atoms with Crippen LogP contribution in [0.25, 0.3) is 23.0 Å². The van der Waals surface area contributed by atoms with Crippen molar-refractivity contribution in [2.75, 3.05) is 0 Å². The lowest BCUT2D eigenvalue weighted by Crippen LogP contribution is -2.27. The van der Waals surface area contributed by atoms with Crippen molar-refractivity contribution in [3.05, 3.63) is 101 Å². The molecule has 1 unspecified atom stereocenters. The predicted octanol–water partition coefficient (Wildman–Crippen LogP) is 5.19. The molecule has 3 aromatic rings. The second kappa shape index (κ2) is 8.72. The monoisotopic (exact) mass is 443 g/mol. The minimum absolute atomic E-state index is 0.123. The van der Waals surface area contributed by atoms with Crippen LogP contribution in [0.4, 0.5) is 0 Å². The fourth-order valence-electron chi connectivity index (χ4n) is 4.00. The smallest absolute Gasteiger partial charge is 0.260 e. The number of fused-ring (bicyclic) bond motifs is 1. The molecule has 0 bridgehead atoms. The number of amidine groups is 1. The molecule has 0 saturated carbocycles. The Morgan fingerprint density at radius 1 is 1.09 bits per heavy atom. The number of hydrogen-bond acceptors (Lipinski definition) is 4. The molecular formula is C28H21N5O. The van der Waals surface area contributed by atoms with Crippen LogP contribution in [0.5, 0.6) is 0 Å². The number of nitrogens with zero attached hydrogens (tertiary/aromatic N) is 5. The summed E-state index contributed by atoms with van der Waals surface area (Å²) in [6.45, 7) is 4.07. The predicted molar refractivity (Wildman–Crippen MR) is 134 cm³/mol. The van der Waals surface area contributed by atoms with Crippen molar-refractivity contribution in [2.24, 2.45) is 15.9 Å². The van der Waals surface area contributed by atoms with Gasteiger partial charge in [0.05, 0.1) is 17.0 Å². The number of nitriles is 1. The van der Waals surface area contributed by atoms with Crippen LogP contribution in [0, 0.1) is 31.1 Å². The van der Waals surface area contributed by atoms with Gasteiger partial charge in [-0.25, -0.2) is 9.67 Å². The van der Waals surface area contributed by atoms with E-state index < -0.39 is 5.92 Å². The summed E-state index contributed by atoms with van der Waals surface area (Å²) < 4.78 is 1.79. The van der Waals surface area contributed by atoms with Crippen LogP contribution in [0.3, 0.4) is 0 Å². The number of aliphatic imine (C=N–C) groups is 2. The van der Waals surface area contributed by atoms with Crippen molar-refractivity contribution in [1.29, 1.82) is 5.26 Å². The molecule has 5 rings (SSSR count). The first-order valence-corrected chi connectivity index (χ1v) is 10.9. The third-order valence-corrected chi connectivity index (χ3v) is 5.79. The molecule has 1 atom stereocenters. The first-order chi connectivity index (χ1) is 16.5. The van der Waals surface area contributed by atoms with Crippen LogP contribution in [0.2, 0.25) is 0 Å². The molecule has 6 heteroatoms. The molecule has 0 saturated heterocycles. The molecule has 6 nitrogen and oxygen atoms in total. The van der Waals surface area contributed by atoms with Crippen molar-refractivity contribution in [3.8, 4) is 23.0 Å². The molecular weight excluding hydrogens is 422 g/mol. The second-order valence-electron chi connectivity index (χ2n) is 8.23. The lowest BCUT2D eigenvalue weighted by molar-refractivity contribution is -0.118. The van der Waals surface area contributed by atoms with Crippen molar-refractivity contribution in [1.82, 2.24) is 9.78 Å². The lowest BCUT2D eigenvalue weighted by Gasteiger charge is -2.17. The van der Waals surface area contributed by atoms with Crippen LogP contribution in [-0.4, -0.2) is 27.2 Å². The fraction of sp³-hybridized carbons (Fsp3) is 0.107. The summed E-state index contributed by atoms with van der Waals surface area (Å²) in [5.74, 6) is -0.686. The lowest BCUT2D eigenvalue weighted by atomic mass is 9.96. The number of aryl methyl sites for hydroxylation is 2. The van der Waals surface area contributed by atoms with Gasteiger partial charge in [0.1, 0.15) is 17.7 Å². The highest BCUT2D eigenvalue weighted by atomic mass is 16.1. The van der Waals surface area contributed by atoms with E-state index in [1.807, 2.05) is 56.5 Å². The fourth-order valence-corrected chi connectivity index (χ4v) is 4.00. The molecule has 2 aromatic carbocycles. The highest BCUT2D eigenvalue weighted by Crippen LogP contribution is 2.30. The van der Waals surface area contributed by atoms with Crippen molar-refractivity contribution in [2.45, 2.75) is 13.8 Å². The number of amides is 1. The summed E-state index contributed by atoms with van der Waals surface area (Å²) >= 11 is 0.